The zero-order valence-corrected chi connectivity index (χ0v) is 17.4. The molecule has 0 aromatic heterocycles. The van der Waals surface area contributed by atoms with Crippen LogP contribution in [0.2, 0.25) is 0 Å². The molecule has 170 valence electrons. The molecular formula is C26H18F6O. The van der Waals surface area contributed by atoms with E-state index in [2.05, 4.69) is 4.74 Å². The fraction of sp³-hybridized carbons (Fsp3) is 0.154. The summed E-state index contributed by atoms with van der Waals surface area (Å²) in [5, 5.41) is -0.104. The molecule has 0 aliphatic carbocycles. The van der Waals surface area contributed by atoms with Gasteiger partial charge in [0, 0.05) is 16.5 Å². The molecule has 4 aromatic rings. The number of rotatable bonds is 6. The van der Waals surface area contributed by atoms with Crippen LogP contribution >= 0.6 is 0 Å². The molecule has 0 N–H and O–H groups in total. The number of hydrogen-bond acceptors (Lipinski definition) is 1. The normalized spacial score (nSPS) is 11.4. The molecular weight excluding hydrogens is 442 g/mol. The highest BCUT2D eigenvalue weighted by Crippen LogP contribution is 2.35. The Morgan fingerprint density at radius 3 is 2.00 bits per heavy atom. The van der Waals surface area contributed by atoms with E-state index in [0.29, 0.717) is 11.1 Å². The van der Waals surface area contributed by atoms with Crippen LogP contribution in [0.25, 0.3) is 33.0 Å². The highest BCUT2D eigenvalue weighted by molar-refractivity contribution is 5.89. The molecule has 0 heterocycles. The van der Waals surface area contributed by atoms with Crippen LogP contribution in [0.4, 0.5) is 26.3 Å². The van der Waals surface area contributed by atoms with E-state index in [1.54, 1.807) is 18.2 Å². The van der Waals surface area contributed by atoms with Crippen LogP contribution in [0, 0.1) is 23.3 Å². The first-order valence-corrected chi connectivity index (χ1v) is 10.2. The number of benzene rings is 4. The third-order valence-corrected chi connectivity index (χ3v) is 5.36. The molecule has 4 rings (SSSR count). The van der Waals surface area contributed by atoms with Crippen molar-refractivity contribution in [2.75, 3.05) is 0 Å². The van der Waals surface area contributed by atoms with Gasteiger partial charge in [-0.3, -0.25) is 0 Å². The lowest BCUT2D eigenvalue weighted by molar-refractivity contribution is -0.0544. The van der Waals surface area contributed by atoms with Crippen LogP contribution in [0.3, 0.4) is 0 Å². The molecule has 0 atom stereocenters. The Balaban J connectivity index is 1.72. The third-order valence-electron chi connectivity index (χ3n) is 5.36. The van der Waals surface area contributed by atoms with Crippen molar-refractivity contribution in [1.82, 2.24) is 0 Å². The fourth-order valence-electron chi connectivity index (χ4n) is 3.83. The highest BCUT2D eigenvalue weighted by atomic mass is 19.3. The van der Waals surface area contributed by atoms with Gasteiger partial charge in [0.15, 0.2) is 17.4 Å². The van der Waals surface area contributed by atoms with Crippen molar-refractivity contribution in [2.45, 2.75) is 26.4 Å². The minimum Gasteiger partial charge on any atom is -0.429 e. The molecule has 0 saturated carbocycles. The van der Waals surface area contributed by atoms with E-state index < -0.39 is 35.6 Å². The molecule has 4 aromatic carbocycles. The van der Waals surface area contributed by atoms with Gasteiger partial charge in [0.1, 0.15) is 11.6 Å². The van der Waals surface area contributed by atoms with Gasteiger partial charge < -0.3 is 4.74 Å². The molecule has 0 spiro atoms. The van der Waals surface area contributed by atoms with Gasteiger partial charge in [-0.1, -0.05) is 49.7 Å². The maximum absolute atomic E-state index is 14.9. The summed E-state index contributed by atoms with van der Waals surface area (Å²) in [6.45, 7) is -1.39. The van der Waals surface area contributed by atoms with Crippen molar-refractivity contribution >= 4 is 10.8 Å². The summed E-state index contributed by atoms with van der Waals surface area (Å²) in [7, 11) is 0. The third kappa shape index (κ3) is 4.53. The SMILES string of the molecule is CCCc1ccc(-c2ccc(-c3ccc4c(F)c(OC(F)F)c(F)cc4c3)c(F)c2)c(F)c1. The van der Waals surface area contributed by atoms with Crippen LogP contribution in [0.5, 0.6) is 5.75 Å². The second-order valence-corrected chi connectivity index (χ2v) is 7.57. The molecule has 7 heteroatoms. The maximum Gasteiger partial charge on any atom is 0.387 e. The molecule has 0 aliphatic rings. The first-order valence-electron chi connectivity index (χ1n) is 10.2. The molecule has 0 saturated heterocycles. The van der Waals surface area contributed by atoms with Crippen molar-refractivity contribution < 1.29 is 31.1 Å². The van der Waals surface area contributed by atoms with Crippen LogP contribution < -0.4 is 4.74 Å². The highest BCUT2D eigenvalue weighted by Gasteiger charge is 2.19. The van der Waals surface area contributed by atoms with E-state index in [9.17, 15) is 26.3 Å². The van der Waals surface area contributed by atoms with Gasteiger partial charge in [0.05, 0.1) is 0 Å². The average molecular weight is 460 g/mol. The van der Waals surface area contributed by atoms with Gasteiger partial charge in [-0.15, -0.1) is 0 Å². The molecule has 0 fully saturated rings. The lowest BCUT2D eigenvalue weighted by Gasteiger charge is -2.12. The Morgan fingerprint density at radius 1 is 0.727 bits per heavy atom. The molecule has 1 nitrogen and oxygen atoms in total. The van der Waals surface area contributed by atoms with Gasteiger partial charge in [-0.25, -0.2) is 17.6 Å². The van der Waals surface area contributed by atoms with Gasteiger partial charge in [0.2, 0.25) is 0 Å². The van der Waals surface area contributed by atoms with Crippen molar-refractivity contribution in [3.05, 3.63) is 89.5 Å². The number of ether oxygens (including phenoxy) is 1. The van der Waals surface area contributed by atoms with E-state index in [-0.39, 0.29) is 21.9 Å². The summed E-state index contributed by atoms with van der Waals surface area (Å²) >= 11 is 0. The summed E-state index contributed by atoms with van der Waals surface area (Å²) < 4.78 is 86.8. The van der Waals surface area contributed by atoms with Crippen LogP contribution in [0.15, 0.2) is 60.7 Å². The van der Waals surface area contributed by atoms with Crippen LogP contribution in [0.1, 0.15) is 18.9 Å². The quantitative estimate of drug-likeness (QED) is 0.263. The van der Waals surface area contributed by atoms with Gasteiger partial charge in [0.25, 0.3) is 0 Å². The van der Waals surface area contributed by atoms with Crippen molar-refractivity contribution in [1.29, 1.82) is 0 Å². The van der Waals surface area contributed by atoms with E-state index in [0.717, 1.165) is 24.5 Å². The molecule has 0 amide bonds. The maximum atomic E-state index is 14.9. The Bertz CT molecular complexity index is 1330. The summed E-state index contributed by atoms with van der Waals surface area (Å²) in [6, 6.07) is 13.8. The van der Waals surface area contributed by atoms with Crippen molar-refractivity contribution in [3.63, 3.8) is 0 Å². The largest absolute Gasteiger partial charge is 0.429 e. The molecule has 0 bridgehead atoms. The predicted molar refractivity (Wildman–Crippen MR) is 115 cm³/mol. The summed E-state index contributed by atoms with van der Waals surface area (Å²) in [6.07, 6.45) is 1.62. The lowest BCUT2D eigenvalue weighted by atomic mass is 9.96. The smallest absolute Gasteiger partial charge is 0.387 e. The second-order valence-electron chi connectivity index (χ2n) is 7.57. The molecule has 0 unspecified atom stereocenters. The zero-order valence-electron chi connectivity index (χ0n) is 17.4. The Labute approximate surface area is 186 Å². The first kappa shape index (κ1) is 22.7. The predicted octanol–water partition coefficient (Wildman–Crippen LogP) is 8.28. The Hall–Kier alpha value is -3.48. The second kappa shape index (κ2) is 9.17. The van der Waals surface area contributed by atoms with Crippen LogP contribution in [-0.2, 0) is 6.42 Å². The van der Waals surface area contributed by atoms with Crippen molar-refractivity contribution in [2.24, 2.45) is 0 Å². The summed E-state index contributed by atoms with van der Waals surface area (Å²) in [5.74, 6) is -4.84. The lowest BCUT2D eigenvalue weighted by Crippen LogP contribution is -2.06. The average Bonchev–Trinajstić information content (AvgIpc) is 2.76. The van der Waals surface area contributed by atoms with E-state index in [1.165, 1.54) is 36.4 Å². The summed E-state index contributed by atoms with van der Waals surface area (Å²) in [4.78, 5) is 0. The van der Waals surface area contributed by atoms with Crippen molar-refractivity contribution in [3.8, 4) is 28.0 Å². The number of fused-ring (bicyclic) bond motifs is 1. The van der Waals surface area contributed by atoms with E-state index in [4.69, 9.17) is 0 Å². The van der Waals surface area contributed by atoms with Gasteiger partial charge in [-0.2, -0.15) is 8.78 Å². The molecule has 33 heavy (non-hydrogen) atoms. The molecule has 0 aliphatic heterocycles. The fourth-order valence-corrected chi connectivity index (χ4v) is 3.83. The number of halogens is 6. The standard InChI is InChI=1S/C26H18F6O/c1-2-3-14-4-7-18(21(27)10-14)16-5-8-19(22(28)12-16)15-6-9-20-17(11-15)13-23(29)25(24(20)30)33-26(31)32/h4-13,26H,2-3H2,1H3. The summed E-state index contributed by atoms with van der Waals surface area (Å²) in [5.41, 5.74) is 1.91. The number of aryl methyl sites for hydroxylation is 1. The number of hydrogen-bond donors (Lipinski definition) is 0. The Morgan fingerprint density at radius 2 is 1.36 bits per heavy atom. The minimum atomic E-state index is -3.38. The number of alkyl halides is 2. The first-order chi connectivity index (χ1) is 15.8. The minimum absolute atomic E-state index is 0.0464. The molecule has 0 radical (unpaired) electrons. The van der Waals surface area contributed by atoms with Gasteiger partial charge in [-0.05, 0) is 52.8 Å². The zero-order chi connectivity index (χ0) is 23.7. The van der Waals surface area contributed by atoms with Crippen LogP contribution in [-0.4, -0.2) is 6.61 Å². The van der Waals surface area contributed by atoms with Gasteiger partial charge >= 0.3 is 6.61 Å². The monoisotopic (exact) mass is 460 g/mol. The van der Waals surface area contributed by atoms with E-state index >= 15 is 0 Å². The Kier molecular flexibility index (Phi) is 6.31. The topological polar surface area (TPSA) is 9.23 Å². The van der Waals surface area contributed by atoms with E-state index in [1.807, 2.05) is 6.92 Å².